The van der Waals surface area contributed by atoms with E-state index in [2.05, 4.69) is 10.3 Å². The monoisotopic (exact) mass is 314 g/mol. The summed E-state index contributed by atoms with van der Waals surface area (Å²) < 4.78 is 23.2. The number of nitrogens with one attached hydrogen (secondary N) is 1. The van der Waals surface area contributed by atoms with Crippen LogP contribution in [0.3, 0.4) is 0 Å². The first kappa shape index (κ1) is 14.5. The average Bonchev–Trinajstić information content (AvgIpc) is 3.06. The molecule has 2 heterocycles. The van der Waals surface area contributed by atoms with E-state index in [0.717, 1.165) is 19.4 Å². The standard InChI is InChI=1S/C14H22N2O2S2/c17-20(18)7-3-6-12(10-20)15-8-13-9-16-14(19-13)11-4-1-2-5-11/h9,11-12,15H,1-8,10H2. The topological polar surface area (TPSA) is 59.1 Å². The van der Waals surface area contributed by atoms with Gasteiger partial charge in [0, 0.05) is 29.6 Å². The molecule has 1 unspecified atom stereocenters. The van der Waals surface area contributed by atoms with Crippen LogP contribution in [0.5, 0.6) is 0 Å². The number of hydrogen-bond acceptors (Lipinski definition) is 5. The predicted octanol–water partition coefficient (Wildman–Crippen LogP) is 2.47. The van der Waals surface area contributed by atoms with E-state index in [1.807, 2.05) is 6.20 Å². The van der Waals surface area contributed by atoms with Crippen LogP contribution in [-0.2, 0) is 16.4 Å². The molecule has 2 fully saturated rings. The molecule has 0 aromatic carbocycles. The Hall–Kier alpha value is -0.460. The zero-order valence-corrected chi connectivity index (χ0v) is 13.3. The second-order valence-electron chi connectivity index (χ2n) is 5.98. The molecule has 112 valence electrons. The lowest BCUT2D eigenvalue weighted by molar-refractivity contribution is 0.482. The molecule has 0 radical (unpaired) electrons. The Bertz CT molecular complexity index is 547. The number of thiazole rings is 1. The van der Waals surface area contributed by atoms with Crippen LogP contribution in [0.25, 0.3) is 0 Å². The van der Waals surface area contributed by atoms with Crippen molar-refractivity contribution in [2.75, 3.05) is 11.5 Å². The molecule has 1 aromatic rings. The molecule has 1 atom stereocenters. The zero-order chi connectivity index (χ0) is 14.0. The van der Waals surface area contributed by atoms with Crippen LogP contribution in [-0.4, -0.2) is 30.9 Å². The average molecular weight is 314 g/mol. The Morgan fingerprint density at radius 3 is 2.80 bits per heavy atom. The third-order valence-corrected chi connectivity index (χ3v) is 7.28. The minimum Gasteiger partial charge on any atom is -0.308 e. The van der Waals surface area contributed by atoms with E-state index < -0.39 is 9.84 Å². The van der Waals surface area contributed by atoms with E-state index in [1.165, 1.54) is 35.6 Å². The largest absolute Gasteiger partial charge is 0.308 e. The molecule has 20 heavy (non-hydrogen) atoms. The van der Waals surface area contributed by atoms with E-state index in [0.29, 0.717) is 17.4 Å². The van der Waals surface area contributed by atoms with E-state index in [1.54, 1.807) is 11.3 Å². The van der Waals surface area contributed by atoms with E-state index >= 15 is 0 Å². The van der Waals surface area contributed by atoms with E-state index in [4.69, 9.17) is 0 Å². The number of hydrogen-bond donors (Lipinski definition) is 1. The third-order valence-electron chi connectivity index (χ3n) is 4.30. The Kier molecular flexibility index (Phi) is 4.43. The summed E-state index contributed by atoms with van der Waals surface area (Å²) in [6.07, 6.45) is 8.93. The van der Waals surface area contributed by atoms with Gasteiger partial charge in [-0.15, -0.1) is 11.3 Å². The highest BCUT2D eigenvalue weighted by Gasteiger charge is 2.24. The molecule has 1 N–H and O–H groups in total. The number of rotatable bonds is 4. The molecular formula is C14H22N2O2S2. The van der Waals surface area contributed by atoms with Gasteiger partial charge in [0.1, 0.15) is 0 Å². The van der Waals surface area contributed by atoms with Crippen molar-refractivity contribution in [1.29, 1.82) is 0 Å². The Morgan fingerprint density at radius 2 is 2.05 bits per heavy atom. The van der Waals surface area contributed by atoms with Gasteiger partial charge in [0.25, 0.3) is 0 Å². The Morgan fingerprint density at radius 1 is 1.25 bits per heavy atom. The smallest absolute Gasteiger partial charge is 0.151 e. The molecule has 6 heteroatoms. The zero-order valence-electron chi connectivity index (χ0n) is 11.7. The Balaban J connectivity index is 1.53. The molecule has 2 aliphatic rings. The van der Waals surface area contributed by atoms with Gasteiger partial charge in [-0.25, -0.2) is 13.4 Å². The predicted molar refractivity (Wildman–Crippen MR) is 81.8 cm³/mol. The first-order valence-corrected chi connectivity index (χ1v) is 10.1. The fourth-order valence-electron chi connectivity index (χ4n) is 3.19. The molecule has 0 amide bonds. The van der Waals surface area contributed by atoms with Crippen LogP contribution >= 0.6 is 11.3 Å². The van der Waals surface area contributed by atoms with Gasteiger partial charge >= 0.3 is 0 Å². The van der Waals surface area contributed by atoms with Crippen LogP contribution in [0.4, 0.5) is 0 Å². The minimum absolute atomic E-state index is 0.116. The number of nitrogens with zero attached hydrogens (tertiary/aromatic N) is 1. The minimum atomic E-state index is -2.82. The van der Waals surface area contributed by atoms with Gasteiger partial charge in [-0.2, -0.15) is 0 Å². The molecule has 3 rings (SSSR count). The highest BCUT2D eigenvalue weighted by molar-refractivity contribution is 7.91. The van der Waals surface area contributed by atoms with Gasteiger partial charge in [0.05, 0.1) is 16.5 Å². The molecule has 0 spiro atoms. The maximum atomic E-state index is 11.6. The highest BCUT2D eigenvalue weighted by atomic mass is 32.2. The quantitative estimate of drug-likeness (QED) is 0.927. The lowest BCUT2D eigenvalue weighted by Gasteiger charge is -2.22. The lowest BCUT2D eigenvalue weighted by Crippen LogP contribution is -2.39. The summed E-state index contributed by atoms with van der Waals surface area (Å²) in [5.74, 6) is 1.32. The summed E-state index contributed by atoms with van der Waals surface area (Å²) >= 11 is 1.80. The van der Waals surface area contributed by atoms with Crippen LogP contribution in [0, 0.1) is 0 Å². The fraction of sp³-hybridized carbons (Fsp3) is 0.786. The number of sulfone groups is 1. The van der Waals surface area contributed by atoms with Crippen molar-refractivity contribution in [1.82, 2.24) is 10.3 Å². The van der Waals surface area contributed by atoms with Crippen molar-refractivity contribution in [3.8, 4) is 0 Å². The number of aromatic nitrogens is 1. The third kappa shape index (κ3) is 3.59. The summed E-state index contributed by atoms with van der Waals surface area (Å²) in [5.41, 5.74) is 0. The molecule has 1 aromatic heterocycles. The fourth-order valence-corrected chi connectivity index (χ4v) is 5.90. The molecule has 1 aliphatic heterocycles. The second kappa shape index (κ2) is 6.12. The summed E-state index contributed by atoms with van der Waals surface area (Å²) in [5, 5.41) is 4.66. The van der Waals surface area contributed by atoms with Gasteiger partial charge in [-0.05, 0) is 25.7 Å². The lowest BCUT2D eigenvalue weighted by atomic mass is 10.1. The van der Waals surface area contributed by atoms with Crippen molar-refractivity contribution in [2.24, 2.45) is 0 Å². The van der Waals surface area contributed by atoms with Crippen molar-refractivity contribution < 1.29 is 8.42 Å². The van der Waals surface area contributed by atoms with Gasteiger partial charge in [0.2, 0.25) is 0 Å². The van der Waals surface area contributed by atoms with Gasteiger partial charge in [0.15, 0.2) is 9.84 Å². The van der Waals surface area contributed by atoms with Gasteiger partial charge < -0.3 is 5.32 Å². The molecule has 0 bridgehead atoms. The van der Waals surface area contributed by atoms with Crippen LogP contribution in [0.1, 0.15) is 54.3 Å². The summed E-state index contributed by atoms with van der Waals surface area (Å²) in [6, 6.07) is 0.116. The molecule has 1 aliphatic carbocycles. The SMILES string of the molecule is O=S1(=O)CCCC(NCc2cnc(C3CCCC3)s2)C1. The van der Waals surface area contributed by atoms with Crippen LogP contribution < -0.4 is 5.32 Å². The van der Waals surface area contributed by atoms with E-state index in [9.17, 15) is 8.42 Å². The Labute approximate surface area is 124 Å². The second-order valence-corrected chi connectivity index (χ2v) is 9.36. The van der Waals surface area contributed by atoms with Crippen molar-refractivity contribution >= 4 is 21.2 Å². The molecule has 4 nitrogen and oxygen atoms in total. The summed E-state index contributed by atoms with van der Waals surface area (Å²) in [7, 11) is -2.82. The summed E-state index contributed by atoms with van der Waals surface area (Å²) in [4.78, 5) is 5.78. The van der Waals surface area contributed by atoms with Crippen molar-refractivity contribution in [3.63, 3.8) is 0 Å². The molecule has 1 saturated heterocycles. The van der Waals surface area contributed by atoms with Crippen molar-refractivity contribution in [2.45, 2.75) is 57.0 Å². The van der Waals surface area contributed by atoms with E-state index in [-0.39, 0.29) is 6.04 Å². The normalized spacial score (nSPS) is 26.9. The summed E-state index contributed by atoms with van der Waals surface area (Å²) in [6.45, 7) is 0.755. The first-order chi connectivity index (χ1) is 9.62. The van der Waals surface area contributed by atoms with Crippen LogP contribution in [0.15, 0.2) is 6.20 Å². The van der Waals surface area contributed by atoms with Crippen molar-refractivity contribution in [3.05, 3.63) is 16.1 Å². The molecule has 1 saturated carbocycles. The van der Waals surface area contributed by atoms with Gasteiger partial charge in [-0.1, -0.05) is 12.8 Å². The van der Waals surface area contributed by atoms with Gasteiger partial charge in [-0.3, -0.25) is 0 Å². The van der Waals surface area contributed by atoms with Crippen LogP contribution in [0.2, 0.25) is 0 Å². The first-order valence-electron chi connectivity index (χ1n) is 7.51. The molecular weight excluding hydrogens is 292 g/mol. The maximum Gasteiger partial charge on any atom is 0.151 e. The highest BCUT2D eigenvalue weighted by Crippen LogP contribution is 2.36. The maximum absolute atomic E-state index is 11.6.